The van der Waals surface area contributed by atoms with Crippen LogP contribution in [0.1, 0.15) is 12.5 Å². The highest BCUT2D eigenvalue weighted by Gasteiger charge is 2.08. The van der Waals surface area contributed by atoms with Crippen molar-refractivity contribution in [1.82, 2.24) is 0 Å². The largest absolute Gasteiger partial charge is 0.478 e. The van der Waals surface area contributed by atoms with Gasteiger partial charge in [-0.1, -0.05) is 35.3 Å². The number of halogens is 2. The number of allylic oxidation sites excluding steroid dienone is 1. The Hall–Kier alpha value is -0.990. The quantitative estimate of drug-likeness (QED) is 0.826. The molecule has 0 aliphatic heterocycles. The Morgan fingerprint density at radius 1 is 1.40 bits per heavy atom. The molecule has 0 aliphatic rings. The third-order valence-electron chi connectivity index (χ3n) is 2.00. The summed E-state index contributed by atoms with van der Waals surface area (Å²) in [5, 5.41) is 9.74. The Kier molecular flexibility index (Phi) is 4.18. The van der Waals surface area contributed by atoms with Crippen LogP contribution in [0.3, 0.4) is 0 Å². The van der Waals surface area contributed by atoms with Crippen LogP contribution >= 0.6 is 23.2 Å². The Balaban J connectivity index is 2.90. The van der Waals surface area contributed by atoms with Gasteiger partial charge in [-0.2, -0.15) is 0 Å². The molecule has 1 aromatic rings. The van der Waals surface area contributed by atoms with Crippen molar-refractivity contribution in [3.63, 3.8) is 0 Å². The zero-order valence-electron chi connectivity index (χ0n) is 8.13. The van der Waals surface area contributed by atoms with E-state index in [1.807, 2.05) is 0 Å². The van der Waals surface area contributed by atoms with Crippen LogP contribution in [0.25, 0.3) is 0 Å². The van der Waals surface area contributed by atoms with Crippen LogP contribution in [0.4, 0.5) is 0 Å². The van der Waals surface area contributed by atoms with Gasteiger partial charge in [0.25, 0.3) is 0 Å². The molecular formula is C11H10Cl2O2. The van der Waals surface area contributed by atoms with Crippen LogP contribution in [0.2, 0.25) is 10.0 Å². The summed E-state index contributed by atoms with van der Waals surface area (Å²) in [6, 6.07) is 5.10. The number of carboxylic acid groups (broad SMARTS) is 1. The minimum Gasteiger partial charge on any atom is -0.478 e. The normalized spacial score (nSPS) is 11.5. The third-order valence-corrected chi connectivity index (χ3v) is 2.74. The zero-order chi connectivity index (χ0) is 11.4. The van der Waals surface area contributed by atoms with Gasteiger partial charge in [0.05, 0.1) is 10.0 Å². The van der Waals surface area contributed by atoms with E-state index < -0.39 is 5.97 Å². The fraction of sp³-hybridized carbons (Fsp3) is 0.182. The van der Waals surface area contributed by atoms with Gasteiger partial charge in [-0.25, -0.2) is 4.79 Å². The van der Waals surface area contributed by atoms with Crippen molar-refractivity contribution in [2.45, 2.75) is 13.3 Å². The maximum atomic E-state index is 10.8. The van der Waals surface area contributed by atoms with E-state index >= 15 is 0 Å². The van der Waals surface area contributed by atoms with E-state index in [1.165, 1.54) is 0 Å². The lowest BCUT2D eigenvalue weighted by Gasteiger charge is -2.03. The Labute approximate surface area is 98.1 Å². The molecule has 0 atom stereocenters. The lowest BCUT2D eigenvalue weighted by molar-refractivity contribution is -0.132. The van der Waals surface area contributed by atoms with Crippen molar-refractivity contribution in [2.24, 2.45) is 0 Å². The molecule has 0 saturated carbocycles. The van der Waals surface area contributed by atoms with Gasteiger partial charge >= 0.3 is 5.97 Å². The summed E-state index contributed by atoms with van der Waals surface area (Å²) in [5.74, 6) is -0.913. The van der Waals surface area contributed by atoms with E-state index in [-0.39, 0.29) is 0 Å². The highest BCUT2D eigenvalue weighted by molar-refractivity contribution is 6.42. The molecule has 80 valence electrons. The number of benzene rings is 1. The third kappa shape index (κ3) is 3.26. The van der Waals surface area contributed by atoms with E-state index in [2.05, 4.69) is 0 Å². The lowest BCUT2D eigenvalue weighted by atomic mass is 10.1. The Morgan fingerprint density at radius 2 is 2.07 bits per heavy atom. The summed E-state index contributed by atoms with van der Waals surface area (Å²) < 4.78 is 0. The predicted molar refractivity (Wildman–Crippen MR) is 61.6 cm³/mol. The minimum absolute atomic E-state index is 0.341. The van der Waals surface area contributed by atoms with E-state index in [9.17, 15) is 4.79 Å². The molecular weight excluding hydrogens is 235 g/mol. The van der Waals surface area contributed by atoms with Crippen LogP contribution in [-0.2, 0) is 11.2 Å². The molecule has 0 fully saturated rings. The molecule has 0 aromatic heterocycles. The first-order valence-electron chi connectivity index (χ1n) is 4.37. The first kappa shape index (κ1) is 12.1. The van der Waals surface area contributed by atoms with Gasteiger partial charge in [0.2, 0.25) is 0 Å². The summed E-state index contributed by atoms with van der Waals surface area (Å²) in [6.45, 7) is 1.70. The van der Waals surface area contributed by atoms with Gasteiger partial charge in [0.15, 0.2) is 0 Å². The standard InChI is InChI=1S/C11H10Cl2O2/c1-2-8(11(14)15)5-7-3-4-9(12)10(13)6-7/h2-4,6H,5H2,1H3,(H,14,15). The lowest BCUT2D eigenvalue weighted by Crippen LogP contribution is -2.03. The van der Waals surface area contributed by atoms with Crippen LogP contribution in [0.15, 0.2) is 29.8 Å². The molecule has 0 bridgehead atoms. The molecule has 0 unspecified atom stereocenters. The molecule has 0 aliphatic carbocycles. The summed E-state index contributed by atoms with van der Waals surface area (Å²) >= 11 is 11.6. The second kappa shape index (κ2) is 5.19. The topological polar surface area (TPSA) is 37.3 Å². The van der Waals surface area contributed by atoms with Crippen LogP contribution in [-0.4, -0.2) is 11.1 Å². The van der Waals surface area contributed by atoms with E-state index in [0.29, 0.717) is 22.0 Å². The number of hydrogen-bond acceptors (Lipinski definition) is 1. The van der Waals surface area contributed by atoms with Gasteiger partial charge in [0.1, 0.15) is 0 Å². The smallest absolute Gasteiger partial charge is 0.331 e. The number of carboxylic acids is 1. The first-order chi connectivity index (χ1) is 7.04. The number of carbonyl (C=O) groups is 1. The molecule has 0 radical (unpaired) electrons. The SMILES string of the molecule is CC=C(Cc1ccc(Cl)c(Cl)c1)C(=O)O. The van der Waals surface area contributed by atoms with Crippen LogP contribution in [0.5, 0.6) is 0 Å². The first-order valence-corrected chi connectivity index (χ1v) is 5.12. The average molecular weight is 245 g/mol. The molecule has 1 N–H and O–H groups in total. The van der Waals surface area contributed by atoms with E-state index in [4.69, 9.17) is 28.3 Å². The Morgan fingerprint density at radius 3 is 2.53 bits per heavy atom. The van der Waals surface area contributed by atoms with Gasteiger partial charge in [-0.3, -0.25) is 0 Å². The van der Waals surface area contributed by atoms with Gasteiger partial charge in [-0.05, 0) is 24.6 Å². The molecule has 0 heterocycles. The molecule has 0 amide bonds. The van der Waals surface area contributed by atoms with Crippen molar-refractivity contribution >= 4 is 29.2 Å². The van der Waals surface area contributed by atoms with Crippen LogP contribution < -0.4 is 0 Å². The van der Waals surface area contributed by atoms with Crippen molar-refractivity contribution in [3.05, 3.63) is 45.5 Å². The summed E-state index contributed by atoms with van der Waals surface area (Å²) in [7, 11) is 0. The maximum absolute atomic E-state index is 10.8. The highest BCUT2D eigenvalue weighted by atomic mass is 35.5. The molecule has 1 aromatic carbocycles. The molecule has 4 heteroatoms. The fourth-order valence-electron chi connectivity index (χ4n) is 1.17. The molecule has 1 rings (SSSR count). The number of aliphatic carboxylic acids is 1. The van der Waals surface area contributed by atoms with Crippen molar-refractivity contribution < 1.29 is 9.90 Å². The molecule has 0 spiro atoms. The van der Waals surface area contributed by atoms with Crippen molar-refractivity contribution in [1.29, 1.82) is 0 Å². The van der Waals surface area contributed by atoms with Gasteiger partial charge < -0.3 is 5.11 Å². The van der Waals surface area contributed by atoms with E-state index in [1.54, 1.807) is 31.2 Å². The number of rotatable bonds is 3. The number of hydrogen-bond donors (Lipinski definition) is 1. The Bertz CT molecular complexity index is 411. The fourth-order valence-corrected chi connectivity index (χ4v) is 1.49. The molecule has 0 saturated heterocycles. The van der Waals surface area contributed by atoms with Crippen LogP contribution in [0, 0.1) is 0 Å². The van der Waals surface area contributed by atoms with Crippen molar-refractivity contribution in [3.8, 4) is 0 Å². The summed E-state index contributed by atoms with van der Waals surface area (Å²) in [4.78, 5) is 10.8. The second-order valence-corrected chi connectivity index (χ2v) is 3.86. The summed E-state index contributed by atoms with van der Waals surface area (Å²) in [5.41, 5.74) is 1.17. The van der Waals surface area contributed by atoms with E-state index in [0.717, 1.165) is 5.56 Å². The highest BCUT2D eigenvalue weighted by Crippen LogP contribution is 2.23. The zero-order valence-corrected chi connectivity index (χ0v) is 9.64. The minimum atomic E-state index is -0.913. The monoisotopic (exact) mass is 244 g/mol. The molecule has 15 heavy (non-hydrogen) atoms. The van der Waals surface area contributed by atoms with Crippen molar-refractivity contribution in [2.75, 3.05) is 0 Å². The average Bonchev–Trinajstić information content (AvgIpc) is 2.19. The maximum Gasteiger partial charge on any atom is 0.331 e. The molecule has 2 nitrogen and oxygen atoms in total. The predicted octanol–water partition coefficient (Wildman–Crippen LogP) is 3.57. The van der Waals surface area contributed by atoms with Gasteiger partial charge in [0, 0.05) is 12.0 Å². The summed E-state index contributed by atoms with van der Waals surface area (Å²) in [6.07, 6.45) is 1.92. The second-order valence-electron chi connectivity index (χ2n) is 3.04. The van der Waals surface area contributed by atoms with Gasteiger partial charge in [-0.15, -0.1) is 0 Å².